The third-order valence-corrected chi connectivity index (χ3v) is 5.52. The van der Waals surface area contributed by atoms with Gasteiger partial charge in [-0.15, -0.1) is 0 Å². The number of primary amides is 1. The van der Waals surface area contributed by atoms with E-state index in [1.54, 1.807) is 11.2 Å². The molecule has 0 aromatic carbocycles. The summed E-state index contributed by atoms with van der Waals surface area (Å²) in [5.41, 5.74) is 6.60. The first-order valence-electron chi connectivity index (χ1n) is 8.99. The van der Waals surface area contributed by atoms with Gasteiger partial charge in [-0.2, -0.15) is 0 Å². The van der Waals surface area contributed by atoms with Crippen molar-refractivity contribution in [2.45, 2.75) is 24.8 Å². The Bertz CT molecular complexity index is 725. The molecule has 148 valence electrons. The average Bonchev–Trinajstić information content (AvgIpc) is 3.12. The first kappa shape index (κ1) is 19.2. The largest absolute Gasteiger partial charge is 0.375 e. The molecule has 10 heteroatoms. The number of urea groups is 1. The number of piperidine rings is 1. The molecule has 4 amide bonds. The van der Waals surface area contributed by atoms with Gasteiger partial charge >= 0.3 is 6.03 Å². The second-order valence-electron chi connectivity index (χ2n) is 7.06. The van der Waals surface area contributed by atoms with Gasteiger partial charge in [0.2, 0.25) is 11.8 Å². The molecule has 1 fully saturated rings. The summed E-state index contributed by atoms with van der Waals surface area (Å²) in [5, 5.41) is 0. The topological polar surface area (TPSA) is 125 Å². The van der Waals surface area contributed by atoms with Gasteiger partial charge in [-0.3, -0.25) is 9.59 Å². The Labute approximate surface area is 157 Å². The normalized spacial score (nSPS) is 18.3. The highest BCUT2D eigenvalue weighted by Crippen LogP contribution is 2.42. The van der Waals surface area contributed by atoms with E-state index in [-0.39, 0.29) is 25.0 Å². The monoisotopic (exact) mass is 378 g/mol. The number of methoxy groups -OCH3 is 1. The molecule has 27 heavy (non-hydrogen) atoms. The van der Waals surface area contributed by atoms with Crippen LogP contribution in [0.25, 0.3) is 0 Å². The quantitative estimate of drug-likeness (QED) is 0.715. The van der Waals surface area contributed by atoms with Crippen LogP contribution in [-0.4, -0.2) is 89.5 Å². The summed E-state index contributed by atoms with van der Waals surface area (Å²) < 4.78 is 5.05. The number of rotatable bonds is 4. The van der Waals surface area contributed by atoms with E-state index in [1.165, 1.54) is 19.1 Å². The predicted molar refractivity (Wildman–Crippen MR) is 95.6 cm³/mol. The number of amides is 4. The number of likely N-dealkylation sites (N-methyl/N-ethyl adjacent to an activating group) is 1. The van der Waals surface area contributed by atoms with E-state index in [0.717, 1.165) is 17.8 Å². The van der Waals surface area contributed by atoms with Crippen LogP contribution >= 0.6 is 0 Å². The lowest BCUT2D eigenvalue weighted by Crippen LogP contribution is -2.60. The fraction of sp³-hybridized carbons (Fsp3) is 0.647. The van der Waals surface area contributed by atoms with Gasteiger partial charge in [-0.05, 0) is 12.8 Å². The van der Waals surface area contributed by atoms with Crippen molar-refractivity contribution in [2.75, 3.05) is 46.9 Å². The SMILES string of the molecule is COCC(=O)N1CCc2[nH]cnc2C12CCN(C(=O)CN(C)C(N)=O)CC2. The molecule has 0 unspecified atom stereocenters. The van der Waals surface area contributed by atoms with Crippen molar-refractivity contribution >= 4 is 17.8 Å². The van der Waals surface area contributed by atoms with Gasteiger partial charge < -0.3 is 30.2 Å². The molecule has 2 aliphatic heterocycles. The fourth-order valence-electron chi connectivity index (χ4n) is 4.06. The highest BCUT2D eigenvalue weighted by atomic mass is 16.5. The van der Waals surface area contributed by atoms with Gasteiger partial charge in [0.05, 0.1) is 17.6 Å². The van der Waals surface area contributed by atoms with Crippen molar-refractivity contribution in [3.05, 3.63) is 17.7 Å². The number of H-pyrrole nitrogens is 1. The van der Waals surface area contributed by atoms with Crippen LogP contribution in [0.5, 0.6) is 0 Å². The van der Waals surface area contributed by atoms with Gasteiger partial charge in [0, 0.05) is 45.9 Å². The molecule has 10 nitrogen and oxygen atoms in total. The number of hydrogen-bond donors (Lipinski definition) is 2. The summed E-state index contributed by atoms with van der Waals surface area (Å²) in [7, 11) is 3.00. The van der Waals surface area contributed by atoms with Crippen LogP contribution in [0.2, 0.25) is 0 Å². The number of aromatic amines is 1. The molecule has 1 saturated heterocycles. The van der Waals surface area contributed by atoms with Crippen LogP contribution < -0.4 is 5.73 Å². The highest BCUT2D eigenvalue weighted by Gasteiger charge is 2.49. The van der Waals surface area contributed by atoms with Crippen LogP contribution in [0.15, 0.2) is 6.33 Å². The summed E-state index contributed by atoms with van der Waals surface area (Å²) in [5.74, 6) is -0.224. The van der Waals surface area contributed by atoms with Gasteiger partial charge in [0.1, 0.15) is 13.2 Å². The van der Waals surface area contributed by atoms with Crippen molar-refractivity contribution in [1.29, 1.82) is 0 Å². The molecule has 0 aliphatic carbocycles. The van der Waals surface area contributed by atoms with E-state index in [2.05, 4.69) is 9.97 Å². The van der Waals surface area contributed by atoms with E-state index in [4.69, 9.17) is 10.5 Å². The lowest BCUT2D eigenvalue weighted by Gasteiger charge is -2.50. The highest BCUT2D eigenvalue weighted by molar-refractivity contribution is 5.83. The van der Waals surface area contributed by atoms with E-state index < -0.39 is 11.6 Å². The maximum absolute atomic E-state index is 12.7. The number of likely N-dealkylation sites (tertiary alicyclic amines) is 1. The molecule has 0 saturated carbocycles. The number of ether oxygens (including phenoxy) is 1. The zero-order valence-electron chi connectivity index (χ0n) is 15.7. The molecule has 3 N–H and O–H groups in total. The van der Waals surface area contributed by atoms with Gasteiger partial charge in [0.15, 0.2) is 0 Å². The van der Waals surface area contributed by atoms with Gasteiger partial charge in [0.25, 0.3) is 0 Å². The Morgan fingerprint density at radius 2 is 2.00 bits per heavy atom. The van der Waals surface area contributed by atoms with Gasteiger partial charge in [-0.25, -0.2) is 9.78 Å². The average molecular weight is 378 g/mol. The number of imidazole rings is 1. The lowest BCUT2D eigenvalue weighted by atomic mass is 9.78. The van der Waals surface area contributed by atoms with E-state index in [9.17, 15) is 14.4 Å². The van der Waals surface area contributed by atoms with Crippen LogP contribution in [0.4, 0.5) is 4.79 Å². The summed E-state index contributed by atoms with van der Waals surface area (Å²) in [6.07, 6.45) is 3.56. The number of aromatic nitrogens is 2. The lowest BCUT2D eigenvalue weighted by molar-refractivity contribution is -0.147. The third kappa shape index (κ3) is 3.48. The van der Waals surface area contributed by atoms with Gasteiger partial charge in [-0.1, -0.05) is 0 Å². The fourth-order valence-corrected chi connectivity index (χ4v) is 4.06. The summed E-state index contributed by atoms with van der Waals surface area (Å²) in [4.78, 5) is 48.7. The summed E-state index contributed by atoms with van der Waals surface area (Å²) in [6, 6.07) is -0.637. The predicted octanol–water partition coefficient (Wildman–Crippen LogP) is -0.731. The number of nitrogens with one attached hydrogen (secondary N) is 1. The number of carbonyl (C=O) groups excluding carboxylic acids is 3. The Balaban J connectivity index is 1.77. The zero-order valence-corrected chi connectivity index (χ0v) is 15.7. The van der Waals surface area contributed by atoms with E-state index in [1.807, 2.05) is 4.90 Å². The molecule has 0 radical (unpaired) electrons. The van der Waals surface area contributed by atoms with Crippen molar-refractivity contribution in [3.63, 3.8) is 0 Å². The Morgan fingerprint density at radius 1 is 1.30 bits per heavy atom. The standard InChI is InChI=1S/C17H26N6O4/c1-21(16(18)26)9-13(24)22-7-4-17(5-8-22)15-12(19-11-20-15)3-6-23(17)14(25)10-27-2/h11H,3-10H2,1-2H3,(H2,18,26)(H,19,20). The van der Waals surface area contributed by atoms with Crippen LogP contribution in [0.1, 0.15) is 24.2 Å². The maximum Gasteiger partial charge on any atom is 0.314 e. The molecule has 1 aromatic heterocycles. The van der Waals surface area contributed by atoms with Crippen LogP contribution in [0.3, 0.4) is 0 Å². The molecule has 1 spiro atoms. The van der Waals surface area contributed by atoms with E-state index >= 15 is 0 Å². The van der Waals surface area contributed by atoms with E-state index in [0.29, 0.717) is 32.5 Å². The molecule has 3 heterocycles. The minimum atomic E-state index is -0.637. The zero-order chi connectivity index (χ0) is 19.6. The number of hydrogen-bond acceptors (Lipinski definition) is 5. The number of nitrogens with two attached hydrogens (primary N) is 1. The number of carbonyl (C=O) groups is 3. The van der Waals surface area contributed by atoms with Crippen LogP contribution in [-0.2, 0) is 26.3 Å². The Kier molecular flexibility index (Phi) is 5.36. The van der Waals surface area contributed by atoms with Crippen molar-refractivity contribution in [3.8, 4) is 0 Å². The molecule has 2 aliphatic rings. The molecule has 3 rings (SSSR count). The second-order valence-corrected chi connectivity index (χ2v) is 7.06. The van der Waals surface area contributed by atoms with Crippen molar-refractivity contribution < 1.29 is 19.1 Å². The number of fused-ring (bicyclic) bond motifs is 2. The summed E-state index contributed by atoms with van der Waals surface area (Å²) >= 11 is 0. The number of nitrogens with zero attached hydrogens (tertiary/aromatic N) is 4. The van der Waals surface area contributed by atoms with Crippen LogP contribution in [0, 0.1) is 0 Å². The molecule has 0 bridgehead atoms. The molecular weight excluding hydrogens is 352 g/mol. The third-order valence-electron chi connectivity index (χ3n) is 5.52. The minimum Gasteiger partial charge on any atom is -0.375 e. The first-order valence-corrected chi connectivity index (χ1v) is 8.99. The maximum atomic E-state index is 12.7. The van der Waals surface area contributed by atoms with Crippen molar-refractivity contribution in [1.82, 2.24) is 24.7 Å². The summed E-state index contributed by atoms with van der Waals surface area (Å²) in [6.45, 7) is 1.52. The first-order chi connectivity index (χ1) is 12.9. The second kappa shape index (κ2) is 7.55. The smallest absolute Gasteiger partial charge is 0.314 e. The molecule has 1 aromatic rings. The molecule has 0 atom stereocenters. The van der Waals surface area contributed by atoms with Crippen molar-refractivity contribution in [2.24, 2.45) is 5.73 Å². The Hall–Kier alpha value is -2.62. The minimum absolute atomic E-state index is 0.0214. The Morgan fingerprint density at radius 3 is 2.63 bits per heavy atom. The molecular formula is C17H26N6O4.